The maximum Gasteiger partial charge on any atom is 0.334 e. The molecule has 1 aliphatic carbocycles. The number of rotatable bonds is 31. The van der Waals surface area contributed by atoms with Gasteiger partial charge >= 0.3 is 17.1 Å². The fourth-order valence-electron chi connectivity index (χ4n) is 16.4. The van der Waals surface area contributed by atoms with Crippen LogP contribution in [-0.2, 0) is 53.3 Å². The van der Waals surface area contributed by atoms with Gasteiger partial charge in [-0.1, -0.05) is 56.1 Å². The van der Waals surface area contributed by atoms with Gasteiger partial charge in [-0.25, -0.2) is 43.0 Å². The third-order valence-electron chi connectivity index (χ3n) is 23.0. The molecule has 0 bridgehead atoms. The summed E-state index contributed by atoms with van der Waals surface area (Å²) >= 11 is 0. The number of carbonyl (C=O) groups is 3. The second-order valence-corrected chi connectivity index (χ2v) is 32.3. The van der Waals surface area contributed by atoms with Gasteiger partial charge in [-0.15, -0.1) is 0 Å². The topological polar surface area (TPSA) is 329 Å². The quantitative estimate of drug-likeness (QED) is 0.0220. The van der Waals surface area contributed by atoms with Crippen LogP contribution in [0.5, 0.6) is 17.2 Å². The molecule has 0 spiro atoms. The largest absolute Gasteiger partial charge is 0.494 e. The number of anilines is 12. The number of aromatic nitrogens is 12. The van der Waals surface area contributed by atoms with Crippen LogP contribution in [0.4, 0.5) is 69.0 Å². The second-order valence-electron chi connectivity index (χ2n) is 32.3. The first kappa shape index (κ1) is 86.0. The van der Waals surface area contributed by atoms with Gasteiger partial charge in [-0.3, -0.25) is 28.1 Å². The van der Waals surface area contributed by atoms with E-state index in [4.69, 9.17) is 29.2 Å². The van der Waals surface area contributed by atoms with E-state index in [1.54, 1.807) is 64.7 Å². The van der Waals surface area contributed by atoms with Crippen LogP contribution in [0.3, 0.4) is 0 Å². The molecule has 33 nitrogen and oxygen atoms in total. The molecule has 12 aromatic rings. The Morgan fingerprint density at radius 1 is 0.456 bits per heavy atom. The highest BCUT2D eigenvalue weighted by molar-refractivity contribution is 6.04. The molecule has 650 valence electrons. The number of amides is 3. The van der Waals surface area contributed by atoms with Crippen LogP contribution in [0, 0.1) is 6.92 Å². The summed E-state index contributed by atoms with van der Waals surface area (Å²) in [7, 11) is 17.2. The molecule has 0 unspecified atom stereocenters. The van der Waals surface area contributed by atoms with Gasteiger partial charge in [0.1, 0.15) is 34.7 Å². The number of hydrogen-bond donors (Lipinski definition) is 6. The van der Waals surface area contributed by atoms with Gasteiger partial charge in [-0.2, -0.15) is 15.0 Å². The Hall–Kier alpha value is -13.9. The molecule has 1 saturated heterocycles. The van der Waals surface area contributed by atoms with Gasteiger partial charge in [0.25, 0.3) is 0 Å². The van der Waals surface area contributed by atoms with E-state index in [1.165, 1.54) is 47.8 Å². The van der Waals surface area contributed by atoms with Crippen molar-refractivity contribution in [3.63, 3.8) is 0 Å². The van der Waals surface area contributed by atoms with Gasteiger partial charge in [-0.05, 0) is 184 Å². The number of nitrogens with one attached hydrogen (secondary N) is 6. The van der Waals surface area contributed by atoms with E-state index in [2.05, 4.69) is 114 Å². The number of methoxy groups -OCH3 is 2. The van der Waals surface area contributed by atoms with Crippen molar-refractivity contribution >= 4 is 120 Å². The molecule has 1 saturated carbocycles. The fraction of sp³-hybridized carbons (Fsp3) is 0.348. The number of benzene rings is 6. The van der Waals surface area contributed by atoms with Crippen molar-refractivity contribution in [2.45, 2.75) is 96.9 Å². The Morgan fingerprint density at radius 3 is 1.24 bits per heavy atom. The molecule has 5 aliphatic rings. The second kappa shape index (κ2) is 37.8. The van der Waals surface area contributed by atoms with E-state index in [9.17, 15) is 28.8 Å². The van der Waals surface area contributed by atoms with E-state index < -0.39 is 0 Å². The number of likely N-dealkylation sites (tertiary alicyclic amines) is 1. The van der Waals surface area contributed by atoms with Crippen LogP contribution >= 0.6 is 0 Å². The third-order valence-corrected chi connectivity index (χ3v) is 23.0. The number of nitrogens with zero attached hydrogens (tertiary/aromatic N) is 18. The molecule has 4 aliphatic heterocycles. The smallest absolute Gasteiger partial charge is 0.334 e. The van der Waals surface area contributed by atoms with Crippen LogP contribution in [0.15, 0.2) is 174 Å². The van der Waals surface area contributed by atoms with E-state index in [0.717, 1.165) is 159 Å². The lowest BCUT2D eigenvalue weighted by molar-refractivity contribution is -0.112. The lowest BCUT2D eigenvalue weighted by Gasteiger charge is -2.26. The standard InChI is InChI=1S/2C31H36N8O3.C30H36N8O3/c1-5-28(40)33-22-18-23(26(42-21-11-12-21)19-25(22)37(4)17-16-36(2)3)34-30-32-14-13-27(35-30)39-24-10-6-8-20-9-7-15-38(29(20)24)31(39)41;1-4-28(40)33-22-19-23(26(42-3)20-25(22)36(2)17-18-37-14-5-6-15-37)34-30-32-13-12-27(35-30)39-24-11-7-9-21-10-8-16-38(29(21)24)31(39)41;1-7-26(39)32-21-16-22(25(41-6)17-24(21)36(5)15-14-35(3)4)33-29-31-18-19(2)28(34-29)38-23-12-8-10-20-11-9-13-37(27(20)23)30(38)40/h5-6,8,10,13-14,18-19,21H,1,7,9,11-12,15-17H2,2-4H3,(H,33,40)(H,32,34,35);4,7,9,11-13,19-20H,1,5-6,8,10,14-18H2,2-3H3,(H,33,40)(H,32,34,35);7-8,10,12,16-18H,1,9,11,13-15H2,2-6H3,(H,32,39)(H,31,33,34). The molecule has 3 amide bonds. The van der Waals surface area contributed by atoms with Crippen molar-refractivity contribution in [3.05, 3.63) is 213 Å². The molecule has 33 heteroatoms. The number of carbonyl (C=O) groups excluding carboxylic acids is 3. The van der Waals surface area contributed by atoms with Crippen molar-refractivity contribution in [2.75, 3.05) is 163 Å². The van der Waals surface area contributed by atoms with Gasteiger partial charge in [0.05, 0.1) is 105 Å². The number of likely N-dealkylation sites (N-methyl/N-ethyl adjacent to an activating group) is 5. The first-order valence-corrected chi connectivity index (χ1v) is 42.3. The normalized spacial score (nSPS) is 13.8. The number of hydrogen-bond acceptors (Lipinski definition) is 24. The molecule has 0 radical (unpaired) electrons. The number of imidazole rings is 3. The third kappa shape index (κ3) is 18.7. The summed E-state index contributed by atoms with van der Waals surface area (Å²) in [6, 6.07) is 32.7. The zero-order valence-corrected chi connectivity index (χ0v) is 72.6. The summed E-state index contributed by atoms with van der Waals surface area (Å²) in [5.41, 5.74) is 15.3. The lowest BCUT2D eigenvalue weighted by atomic mass is 10.0. The van der Waals surface area contributed by atoms with Crippen molar-refractivity contribution in [3.8, 4) is 34.7 Å². The van der Waals surface area contributed by atoms with Gasteiger partial charge in [0.15, 0.2) is 0 Å². The maximum atomic E-state index is 13.6. The average molecular weight is 1690 g/mol. The van der Waals surface area contributed by atoms with Crippen molar-refractivity contribution in [1.29, 1.82) is 0 Å². The molecular formula is C92H108N24O9. The van der Waals surface area contributed by atoms with Crippen LogP contribution in [0.2, 0.25) is 0 Å². The highest BCUT2D eigenvalue weighted by atomic mass is 16.5. The number of aryl methyl sites for hydroxylation is 7. The van der Waals surface area contributed by atoms with Gasteiger partial charge in [0, 0.05) is 135 Å². The summed E-state index contributed by atoms with van der Waals surface area (Å²) in [6.07, 6.45) is 18.9. The van der Waals surface area contributed by atoms with E-state index >= 15 is 0 Å². The average Bonchev–Trinajstić information content (AvgIpc) is 1.60. The first-order valence-electron chi connectivity index (χ1n) is 42.3. The summed E-state index contributed by atoms with van der Waals surface area (Å²) in [4.78, 5) is 118. The van der Waals surface area contributed by atoms with Gasteiger partial charge in [0.2, 0.25) is 35.6 Å². The van der Waals surface area contributed by atoms with Crippen molar-refractivity contribution in [1.82, 2.24) is 72.0 Å². The SMILES string of the molecule is C=CC(=O)Nc1cc(Nc2ncc(C)c(-n3c(=O)n4c5c(cccc53)CCC4)n2)c(OC)cc1N(C)CCN(C)C.C=CC(=O)Nc1cc(Nc2nccc(-n3c(=O)n4c5c(cccc53)CCC4)n2)c(OC)cc1N(C)CCN1CCCC1.C=CC(=O)Nc1cc(Nc2nccc(-n3c(=O)n4c5c(cccc53)CCC4)n2)c(OC2CC2)cc1N(C)CCN(C)C. The predicted molar refractivity (Wildman–Crippen MR) is 494 cm³/mol. The predicted octanol–water partition coefficient (Wildman–Crippen LogP) is 11.6. The molecular weight excluding hydrogens is 1590 g/mol. The summed E-state index contributed by atoms with van der Waals surface area (Å²) < 4.78 is 28.3. The van der Waals surface area contributed by atoms with E-state index in [1.807, 2.05) is 137 Å². The monoisotopic (exact) mass is 1690 g/mol. The summed E-state index contributed by atoms with van der Waals surface area (Å²) in [5, 5.41) is 18.6. The molecule has 0 atom stereocenters. The zero-order valence-electron chi connectivity index (χ0n) is 72.6. The Labute approximate surface area is 724 Å². The molecule has 17 rings (SSSR count). The minimum Gasteiger partial charge on any atom is -0.494 e. The molecule has 10 heterocycles. The van der Waals surface area contributed by atoms with Crippen LogP contribution < -0.4 is 77.9 Å². The van der Waals surface area contributed by atoms with Crippen LogP contribution in [-0.4, -0.2) is 212 Å². The lowest BCUT2D eigenvalue weighted by Crippen LogP contribution is -2.32. The highest BCUT2D eigenvalue weighted by Gasteiger charge is 2.30. The van der Waals surface area contributed by atoms with E-state index in [-0.39, 0.29) is 46.8 Å². The minimum absolute atomic E-state index is 0.112. The van der Waals surface area contributed by atoms with Crippen LogP contribution in [0.25, 0.3) is 50.6 Å². The minimum atomic E-state index is -0.329. The molecule has 2 fully saturated rings. The van der Waals surface area contributed by atoms with Crippen molar-refractivity contribution in [2.24, 2.45) is 0 Å². The Morgan fingerprint density at radius 2 is 0.840 bits per heavy atom. The Balaban J connectivity index is 0.000000145. The number of para-hydroxylation sites is 3. The van der Waals surface area contributed by atoms with Gasteiger partial charge < -0.3 is 75.5 Å². The fourth-order valence-corrected chi connectivity index (χ4v) is 16.4. The number of ether oxygens (including phenoxy) is 3. The molecule has 6 aromatic heterocycles. The Kier molecular flexibility index (Phi) is 26.0. The Bertz CT molecular complexity index is 6300. The summed E-state index contributed by atoms with van der Waals surface area (Å²) in [6.45, 7) is 21.8. The molecule has 6 aromatic carbocycles. The summed E-state index contributed by atoms with van der Waals surface area (Å²) in [5.74, 6) is 3.13. The maximum absolute atomic E-state index is 13.6. The molecule has 6 N–H and O–H groups in total. The first-order chi connectivity index (χ1) is 60.5. The van der Waals surface area contributed by atoms with Crippen molar-refractivity contribution < 1.29 is 28.6 Å². The highest BCUT2D eigenvalue weighted by Crippen LogP contribution is 2.44. The molecule has 125 heavy (non-hydrogen) atoms. The van der Waals surface area contributed by atoms with E-state index in [0.29, 0.717) is 100 Å². The zero-order chi connectivity index (χ0) is 87.9. The van der Waals surface area contributed by atoms with Crippen LogP contribution in [0.1, 0.15) is 67.2 Å².